The highest BCUT2D eigenvalue weighted by Crippen LogP contribution is 2.41. The van der Waals surface area contributed by atoms with Gasteiger partial charge in [-0.05, 0) is 55.6 Å². The van der Waals surface area contributed by atoms with E-state index >= 15 is 0 Å². The Kier molecular flexibility index (Phi) is 12.2. The van der Waals surface area contributed by atoms with Crippen molar-refractivity contribution in [3.63, 3.8) is 0 Å². The number of nitrogens with two attached hydrogens (primary N) is 1. The van der Waals surface area contributed by atoms with Gasteiger partial charge in [-0.15, -0.1) is 0 Å². The minimum atomic E-state index is -1.06. The minimum absolute atomic E-state index is 0.0150. The number of allylic oxidation sites excluding steroid dienone is 1. The first-order valence-electron chi connectivity index (χ1n) is 19.6. The van der Waals surface area contributed by atoms with E-state index in [1.165, 1.54) is 4.90 Å². The summed E-state index contributed by atoms with van der Waals surface area (Å²) in [5.74, 6) is -2.79. The summed E-state index contributed by atoms with van der Waals surface area (Å²) in [6.07, 6.45) is 10.4. The van der Waals surface area contributed by atoms with Crippen molar-refractivity contribution >= 4 is 46.7 Å². The Morgan fingerprint density at radius 2 is 1.85 bits per heavy atom. The van der Waals surface area contributed by atoms with Gasteiger partial charge in [0.05, 0.1) is 30.2 Å². The van der Waals surface area contributed by atoms with Crippen LogP contribution in [0, 0.1) is 17.3 Å². The van der Waals surface area contributed by atoms with Gasteiger partial charge in [-0.1, -0.05) is 82.3 Å². The third kappa shape index (κ3) is 9.37. The quantitative estimate of drug-likeness (QED) is 0.123. The second-order valence-corrected chi connectivity index (χ2v) is 17.2. The summed E-state index contributed by atoms with van der Waals surface area (Å²) in [5.41, 5.74) is 8.51. The standard InChI is InChI=1S/C39H55ClN8O6/c1-5-10-29(32(49)36(52)42-26-15-16-26)43-35(51)31-20-39(19-30(46-54-39)24-13-9-14-25(40)17-24)22-48(31)37(53)33(38(2,3)4)44-34(50)28(18-27-21-41-47-45-27)23-11-7-6-8-12-23/h9,13-14,17,21,23,26,28-29,31,33,41,45,47H,5-8,10-12,15-16,18-20,22H2,1-4H3,(H,42,52)(H,43,51)(H,44,50)/p+1/t28-,29-,31-,33+,39+/m0/s1. The van der Waals surface area contributed by atoms with Crippen molar-refractivity contribution in [1.29, 1.82) is 0 Å². The number of amides is 4. The molecule has 5 atom stereocenters. The minimum Gasteiger partial charge on any atom is -0.387 e. The Morgan fingerprint density at radius 1 is 1.09 bits per heavy atom. The van der Waals surface area contributed by atoms with E-state index in [-0.39, 0.29) is 43.2 Å². The summed E-state index contributed by atoms with van der Waals surface area (Å²) in [6.45, 7) is 7.59. The zero-order chi connectivity index (χ0) is 38.6. The molecule has 4 amide bonds. The summed E-state index contributed by atoms with van der Waals surface area (Å²) in [5, 5.41) is 13.7. The third-order valence-corrected chi connectivity index (χ3v) is 11.6. The smallest absolute Gasteiger partial charge is 0.289 e. The van der Waals surface area contributed by atoms with Crippen molar-refractivity contribution in [3.05, 3.63) is 46.7 Å². The summed E-state index contributed by atoms with van der Waals surface area (Å²) < 4.78 is 0. The van der Waals surface area contributed by atoms with E-state index in [0.717, 1.165) is 56.2 Å². The molecule has 2 saturated carbocycles. The number of oxime groups is 1. The van der Waals surface area contributed by atoms with Crippen molar-refractivity contribution in [2.24, 2.45) is 22.4 Å². The van der Waals surface area contributed by atoms with Crippen molar-refractivity contribution in [2.75, 3.05) is 6.54 Å². The lowest BCUT2D eigenvalue weighted by molar-refractivity contribution is -0.739. The molecule has 6 rings (SSSR count). The summed E-state index contributed by atoms with van der Waals surface area (Å²) in [4.78, 5) is 77.3. The van der Waals surface area contributed by atoms with Crippen LogP contribution in [-0.4, -0.2) is 76.3 Å². The first-order valence-corrected chi connectivity index (χ1v) is 19.9. The average molecular weight is 768 g/mol. The molecule has 0 radical (unpaired) electrons. The molecule has 7 N–H and O–H groups in total. The molecular formula is C39H56ClN8O6+. The maximum atomic E-state index is 15.0. The van der Waals surface area contributed by atoms with Crippen molar-refractivity contribution in [2.45, 2.75) is 135 Å². The maximum Gasteiger partial charge on any atom is 0.289 e. The second-order valence-electron chi connectivity index (χ2n) is 16.8. The summed E-state index contributed by atoms with van der Waals surface area (Å²) in [6, 6.07) is 4.14. The molecule has 0 aromatic heterocycles. The third-order valence-electron chi connectivity index (χ3n) is 11.3. The number of rotatable bonds is 14. The molecule has 1 aromatic carbocycles. The molecule has 3 fully saturated rings. The number of nitrogens with zero attached hydrogens (tertiary/aromatic N) is 2. The lowest BCUT2D eigenvalue weighted by Gasteiger charge is -2.37. The number of carbonyl (C=O) groups excluding carboxylic acids is 5. The Hall–Kier alpha value is -4.17. The number of quaternary nitrogens is 1. The van der Waals surface area contributed by atoms with E-state index in [0.29, 0.717) is 30.0 Å². The first-order chi connectivity index (χ1) is 25.8. The molecule has 1 saturated heterocycles. The van der Waals surface area contributed by atoms with E-state index in [4.69, 9.17) is 16.4 Å². The Labute approximate surface area is 322 Å². The number of likely N-dealkylation sites (tertiary alicyclic amines) is 1. The number of ketones is 1. The SMILES string of the molecule is CCC[C@H](NC(=O)[C@@H]1C[C@]2(CC(c3cccc(Cl)c3)=NO2)CN1C(=O)[C@@H](NC(=O)[C@@H](CC1=CN[NH2+]N1)C1CCCCC1)C(C)(C)C)C(=O)C(=O)NC1CC1. The Bertz CT molecular complexity index is 1670. The monoisotopic (exact) mass is 767 g/mol. The Morgan fingerprint density at radius 3 is 2.50 bits per heavy atom. The molecule has 3 aliphatic heterocycles. The number of hydrogen-bond acceptors (Lipinski definition) is 9. The lowest BCUT2D eigenvalue weighted by atomic mass is 9.77. The average Bonchev–Trinajstić information content (AvgIpc) is 3.49. The molecule has 1 spiro atoms. The number of nitrogens with one attached hydrogen (secondary N) is 5. The van der Waals surface area contributed by atoms with Crippen LogP contribution in [0.3, 0.4) is 0 Å². The van der Waals surface area contributed by atoms with Crippen LogP contribution in [0.2, 0.25) is 5.02 Å². The molecule has 0 bridgehead atoms. The van der Waals surface area contributed by atoms with Crippen LogP contribution in [0.4, 0.5) is 0 Å². The van der Waals surface area contributed by atoms with Crippen molar-refractivity contribution < 1.29 is 34.3 Å². The molecule has 14 nitrogen and oxygen atoms in total. The molecule has 2 aliphatic carbocycles. The highest BCUT2D eigenvalue weighted by molar-refractivity contribution is 6.38. The predicted molar refractivity (Wildman–Crippen MR) is 202 cm³/mol. The van der Waals surface area contributed by atoms with Crippen molar-refractivity contribution in [1.82, 2.24) is 31.7 Å². The molecule has 294 valence electrons. The van der Waals surface area contributed by atoms with Gasteiger partial charge in [-0.3, -0.25) is 24.0 Å². The predicted octanol–water partition coefficient (Wildman–Crippen LogP) is 2.48. The topological polar surface area (TPSA) is 187 Å². The van der Waals surface area contributed by atoms with Crippen LogP contribution in [0.15, 0.2) is 41.3 Å². The normalized spacial score (nSPS) is 24.3. The summed E-state index contributed by atoms with van der Waals surface area (Å²) in [7, 11) is 0. The van der Waals surface area contributed by atoms with Crippen LogP contribution in [0.25, 0.3) is 0 Å². The molecule has 3 heterocycles. The van der Waals surface area contributed by atoms with Gasteiger partial charge in [-0.2, -0.15) is 5.53 Å². The molecule has 15 heteroatoms. The van der Waals surface area contributed by atoms with Crippen LogP contribution in [0.1, 0.15) is 110 Å². The molecular weight excluding hydrogens is 712 g/mol. The summed E-state index contributed by atoms with van der Waals surface area (Å²) >= 11 is 6.29. The van der Waals surface area contributed by atoms with E-state index in [9.17, 15) is 24.0 Å². The van der Waals surface area contributed by atoms with Gasteiger partial charge >= 0.3 is 0 Å². The molecule has 54 heavy (non-hydrogen) atoms. The van der Waals surface area contributed by atoms with Crippen LogP contribution >= 0.6 is 11.6 Å². The van der Waals surface area contributed by atoms with Crippen LogP contribution in [0.5, 0.6) is 0 Å². The molecule has 1 aromatic rings. The number of hydrogen-bond donors (Lipinski definition) is 6. The van der Waals surface area contributed by atoms with Gasteiger partial charge in [0, 0.05) is 41.8 Å². The van der Waals surface area contributed by atoms with Gasteiger partial charge < -0.3 is 25.7 Å². The van der Waals surface area contributed by atoms with E-state index < -0.39 is 52.6 Å². The highest BCUT2D eigenvalue weighted by atomic mass is 35.5. The van der Waals surface area contributed by atoms with Gasteiger partial charge in [-0.25, -0.2) is 10.9 Å². The van der Waals surface area contributed by atoms with E-state index in [2.05, 4.69) is 32.0 Å². The molecule has 5 aliphatic rings. The van der Waals surface area contributed by atoms with E-state index in [1.54, 1.807) is 17.7 Å². The zero-order valence-corrected chi connectivity index (χ0v) is 32.6. The first kappa shape index (κ1) is 39.5. The van der Waals surface area contributed by atoms with E-state index in [1.807, 2.05) is 46.0 Å². The van der Waals surface area contributed by atoms with Crippen molar-refractivity contribution in [3.8, 4) is 0 Å². The van der Waals surface area contributed by atoms with Gasteiger partial charge in [0.25, 0.3) is 5.91 Å². The van der Waals surface area contributed by atoms with Gasteiger partial charge in [0.15, 0.2) is 5.60 Å². The maximum absolute atomic E-state index is 15.0. The number of halogens is 1. The number of Topliss-reactive ketones (excluding diaryl/α,β-unsaturated/α-hetero) is 1. The van der Waals surface area contributed by atoms with Gasteiger partial charge in [0.2, 0.25) is 23.5 Å². The zero-order valence-electron chi connectivity index (χ0n) is 31.8. The molecule has 0 unspecified atom stereocenters. The fourth-order valence-electron chi connectivity index (χ4n) is 8.17. The van der Waals surface area contributed by atoms with Gasteiger partial charge in [0.1, 0.15) is 12.1 Å². The fourth-order valence-corrected chi connectivity index (χ4v) is 8.36. The fraction of sp³-hybridized carbons (Fsp3) is 0.641. The lowest BCUT2D eigenvalue weighted by Crippen LogP contribution is -2.96. The largest absolute Gasteiger partial charge is 0.387 e. The highest BCUT2D eigenvalue weighted by Gasteiger charge is 2.56. The van der Waals surface area contributed by atoms with Crippen LogP contribution < -0.4 is 32.3 Å². The second kappa shape index (κ2) is 16.7. The number of benzene rings is 1. The number of carbonyl (C=O) groups is 5. The Balaban J connectivity index is 1.26. The van der Waals surface area contributed by atoms with Crippen LogP contribution in [-0.2, 0) is 28.8 Å².